The first-order valence-electron chi connectivity index (χ1n) is 6.56. The lowest BCUT2D eigenvalue weighted by Gasteiger charge is -2.38. The highest BCUT2D eigenvalue weighted by atomic mass is 15.3. The van der Waals surface area contributed by atoms with Gasteiger partial charge in [-0.05, 0) is 53.5 Å². The Morgan fingerprint density at radius 1 is 0.933 bits per heavy atom. The Morgan fingerprint density at radius 3 is 2.20 bits per heavy atom. The van der Waals surface area contributed by atoms with Crippen molar-refractivity contribution in [2.24, 2.45) is 0 Å². The molecule has 2 heteroatoms. The van der Waals surface area contributed by atoms with E-state index in [-0.39, 0.29) is 0 Å². The maximum atomic E-state index is 2.76. The summed E-state index contributed by atoms with van der Waals surface area (Å²) in [6.45, 7) is 13.3. The molecule has 1 unspecified atom stereocenters. The van der Waals surface area contributed by atoms with Gasteiger partial charge in [-0.3, -0.25) is 9.80 Å². The van der Waals surface area contributed by atoms with Crippen molar-refractivity contribution in [2.45, 2.75) is 64.6 Å². The van der Waals surface area contributed by atoms with Gasteiger partial charge in [0.1, 0.15) is 0 Å². The van der Waals surface area contributed by atoms with Crippen LogP contribution in [0.3, 0.4) is 0 Å². The fourth-order valence-corrected chi connectivity index (χ4v) is 3.53. The predicted molar refractivity (Wildman–Crippen MR) is 65.1 cm³/mol. The van der Waals surface area contributed by atoms with Gasteiger partial charge in [0.2, 0.25) is 0 Å². The third-order valence-electron chi connectivity index (χ3n) is 4.37. The summed E-state index contributed by atoms with van der Waals surface area (Å²) < 4.78 is 0. The summed E-state index contributed by atoms with van der Waals surface area (Å²) in [4.78, 5) is 5.41. The van der Waals surface area contributed by atoms with E-state index in [1.807, 2.05) is 0 Å². The van der Waals surface area contributed by atoms with E-state index in [1.54, 1.807) is 0 Å². The van der Waals surface area contributed by atoms with Crippen LogP contribution in [0.2, 0.25) is 0 Å². The summed E-state index contributed by atoms with van der Waals surface area (Å²) in [6.07, 6.45) is 4.22. The van der Waals surface area contributed by atoms with Crippen LogP contribution >= 0.6 is 0 Å². The molecular weight excluding hydrogens is 184 g/mol. The van der Waals surface area contributed by atoms with Gasteiger partial charge in [0.25, 0.3) is 0 Å². The average molecular weight is 210 g/mol. The molecular formula is C13H26N2. The van der Waals surface area contributed by atoms with Gasteiger partial charge in [-0.15, -0.1) is 0 Å². The molecule has 0 saturated carbocycles. The molecule has 0 radical (unpaired) electrons. The minimum atomic E-state index is 0.540. The molecule has 2 saturated heterocycles. The standard InChI is InChI=1S/C13H26N2/c1-11(2)14-9-7-13(10-14)6-5-8-15(13)12(3)4/h11-12H,5-10H2,1-4H3. The normalized spacial score (nSPS) is 34.0. The second kappa shape index (κ2) is 4.06. The first-order valence-corrected chi connectivity index (χ1v) is 6.56. The van der Waals surface area contributed by atoms with Crippen LogP contribution in [0.1, 0.15) is 47.0 Å². The summed E-state index contributed by atoms with van der Waals surface area (Å²) in [5.41, 5.74) is 0.540. The van der Waals surface area contributed by atoms with E-state index in [0.717, 1.165) is 12.1 Å². The summed E-state index contributed by atoms with van der Waals surface area (Å²) in [5, 5.41) is 0. The van der Waals surface area contributed by atoms with Crippen LogP contribution in [0.5, 0.6) is 0 Å². The van der Waals surface area contributed by atoms with Crippen LogP contribution < -0.4 is 0 Å². The highest BCUT2D eigenvalue weighted by Crippen LogP contribution is 2.39. The number of nitrogens with zero attached hydrogens (tertiary/aromatic N) is 2. The summed E-state index contributed by atoms with van der Waals surface area (Å²) in [7, 11) is 0. The zero-order valence-corrected chi connectivity index (χ0v) is 10.8. The monoisotopic (exact) mass is 210 g/mol. The molecule has 2 rings (SSSR count). The third-order valence-corrected chi connectivity index (χ3v) is 4.37. The highest BCUT2D eigenvalue weighted by Gasteiger charge is 2.46. The highest BCUT2D eigenvalue weighted by molar-refractivity contribution is 5.04. The molecule has 2 nitrogen and oxygen atoms in total. The van der Waals surface area contributed by atoms with E-state index < -0.39 is 0 Å². The van der Waals surface area contributed by atoms with E-state index in [9.17, 15) is 0 Å². The van der Waals surface area contributed by atoms with Crippen molar-refractivity contribution in [3.8, 4) is 0 Å². The van der Waals surface area contributed by atoms with Gasteiger partial charge in [-0.1, -0.05) is 0 Å². The van der Waals surface area contributed by atoms with Crippen molar-refractivity contribution in [2.75, 3.05) is 19.6 Å². The van der Waals surface area contributed by atoms with Crippen molar-refractivity contribution in [3.05, 3.63) is 0 Å². The second-order valence-corrected chi connectivity index (χ2v) is 5.93. The molecule has 15 heavy (non-hydrogen) atoms. The van der Waals surface area contributed by atoms with E-state index in [4.69, 9.17) is 0 Å². The van der Waals surface area contributed by atoms with Crippen LogP contribution in [0, 0.1) is 0 Å². The first kappa shape index (κ1) is 11.4. The van der Waals surface area contributed by atoms with Crippen molar-refractivity contribution >= 4 is 0 Å². The lowest BCUT2D eigenvalue weighted by Crippen LogP contribution is -2.49. The fourth-order valence-electron chi connectivity index (χ4n) is 3.53. The van der Waals surface area contributed by atoms with Crippen molar-refractivity contribution in [1.29, 1.82) is 0 Å². The van der Waals surface area contributed by atoms with Gasteiger partial charge in [-0.2, -0.15) is 0 Å². The van der Waals surface area contributed by atoms with E-state index in [1.165, 1.54) is 38.9 Å². The molecule has 0 amide bonds. The van der Waals surface area contributed by atoms with Crippen LogP contribution in [0.25, 0.3) is 0 Å². The van der Waals surface area contributed by atoms with Crippen LogP contribution in [0.15, 0.2) is 0 Å². The Balaban J connectivity index is 2.08. The molecule has 0 aromatic carbocycles. The third kappa shape index (κ3) is 1.94. The number of hydrogen-bond donors (Lipinski definition) is 0. The Labute approximate surface area is 94.6 Å². The molecule has 88 valence electrons. The molecule has 2 fully saturated rings. The van der Waals surface area contributed by atoms with Gasteiger partial charge in [0, 0.05) is 30.7 Å². The van der Waals surface area contributed by atoms with E-state index >= 15 is 0 Å². The molecule has 0 aromatic heterocycles. The topological polar surface area (TPSA) is 6.48 Å². The largest absolute Gasteiger partial charge is 0.299 e. The van der Waals surface area contributed by atoms with Crippen LogP contribution in [-0.4, -0.2) is 47.1 Å². The maximum absolute atomic E-state index is 2.76. The zero-order chi connectivity index (χ0) is 11.1. The SMILES string of the molecule is CC(C)N1CCC2(CCCN2C(C)C)C1. The van der Waals surface area contributed by atoms with Crippen LogP contribution in [-0.2, 0) is 0 Å². The summed E-state index contributed by atoms with van der Waals surface area (Å²) in [6, 6.07) is 1.44. The lowest BCUT2D eigenvalue weighted by molar-refractivity contribution is 0.101. The summed E-state index contributed by atoms with van der Waals surface area (Å²) >= 11 is 0. The molecule has 1 spiro atoms. The van der Waals surface area contributed by atoms with Crippen LogP contribution in [0.4, 0.5) is 0 Å². The molecule has 2 aliphatic rings. The Kier molecular flexibility index (Phi) is 3.09. The number of likely N-dealkylation sites (tertiary alicyclic amines) is 2. The molecule has 2 heterocycles. The number of hydrogen-bond acceptors (Lipinski definition) is 2. The van der Waals surface area contributed by atoms with Gasteiger partial charge in [-0.25, -0.2) is 0 Å². The van der Waals surface area contributed by atoms with E-state index in [0.29, 0.717) is 5.54 Å². The molecule has 0 aliphatic carbocycles. The molecule has 2 aliphatic heterocycles. The smallest absolute Gasteiger partial charge is 0.0351 e. The molecule has 1 atom stereocenters. The average Bonchev–Trinajstić information content (AvgIpc) is 2.74. The Bertz CT molecular complexity index is 225. The molecule has 0 bridgehead atoms. The van der Waals surface area contributed by atoms with Crippen molar-refractivity contribution in [3.63, 3.8) is 0 Å². The van der Waals surface area contributed by atoms with Gasteiger partial charge in [0.15, 0.2) is 0 Å². The molecule has 0 N–H and O–H groups in total. The second-order valence-electron chi connectivity index (χ2n) is 5.93. The lowest BCUT2D eigenvalue weighted by atomic mass is 9.94. The fraction of sp³-hybridized carbons (Fsp3) is 1.00. The number of rotatable bonds is 2. The van der Waals surface area contributed by atoms with E-state index in [2.05, 4.69) is 37.5 Å². The molecule has 0 aromatic rings. The minimum absolute atomic E-state index is 0.540. The zero-order valence-electron chi connectivity index (χ0n) is 10.8. The quantitative estimate of drug-likeness (QED) is 0.690. The maximum Gasteiger partial charge on any atom is 0.0351 e. The predicted octanol–water partition coefficient (Wildman–Crippen LogP) is 2.34. The van der Waals surface area contributed by atoms with Gasteiger partial charge >= 0.3 is 0 Å². The minimum Gasteiger partial charge on any atom is -0.299 e. The Hall–Kier alpha value is -0.0800. The van der Waals surface area contributed by atoms with Crippen molar-refractivity contribution in [1.82, 2.24) is 9.80 Å². The van der Waals surface area contributed by atoms with Gasteiger partial charge < -0.3 is 0 Å². The van der Waals surface area contributed by atoms with Gasteiger partial charge in [0.05, 0.1) is 0 Å². The first-order chi connectivity index (χ1) is 7.05. The summed E-state index contributed by atoms with van der Waals surface area (Å²) in [5.74, 6) is 0. The Morgan fingerprint density at radius 2 is 1.67 bits per heavy atom. The van der Waals surface area contributed by atoms with Crippen molar-refractivity contribution < 1.29 is 0 Å².